The van der Waals surface area contributed by atoms with Crippen LogP contribution in [0.1, 0.15) is 36.5 Å². The second kappa shape index (κ2) is 7.76. The highest BCUT2D eigenvalue weighted by molar-refractivity contribution is 5.98. The maximum Gasteiger partial charge on any atom is 0.366 e. The minimum atomic E-state index is -1.49. The number of carboxylic acid groups (broad SMARTS) is 1. The van der Waals surface area contributed by atoms with Gasteiger partial charge in [0.05, 0.1) is 10.9 Å². The van der Waals surface area contributed by atoms with E-state index in [1.807, 2.05) is 6.92 Å². The van der Waals surface area contributed by atoms with Crippen LogP contribution in [0, 0.1) is 5.53 Å². The topological polar surface area (TPSA) is 131 Å². The van der Waals surface area contributed by atoms with E-state index in [0.29, 0.717) is 11.4 Å². The van der Waals surface area contributed by atoms with Crippen molar-refractivity contribution in [1.29, 1.82) is 5.53 Å². The summed E-state index contributed by atoms with van der Waals surface area (Å²) in [5.74, 6) is -2.64. The van der Waals surface area contributed by atoms with Gasteiger partial charge in [-0.15, -0.1) is 0 Å². The number of para-hydroxylation sites is 1. The number of unbranched alkanes of at least 4 members (excludes halogenated alkanes) is 1. The number of carbonyl (C=O) groups excluding carboxylic acids is 2. The van der Waals surface area contributed by atoms with Crippen LogP contribution in [-0.4, -0.2) is 28.0 Å². The third kappa shape index (κ3) is 4.12. The number of amides is 1. The van der Waals surface area contributed by atoms with Crippen molar-refractivity contribution in [2.24, 2.45) is 5.22 Å². The van der Waals surface area contributed by atoms with Crippen LogP contribution in [0.4, 0.5) is 0 Å². The summed E-state index contributed by atoms with van der Waals surface area (Å²) in [5, 5.41) is 24.7. The largest absolute Gasteiger partial charge is 0.545 e. The molecule has 0 spiro atoms. The summed E-state index contributed by atoms with van der Waals surface area (Å²) < 4.78 is 0. The zero-order valence-electron chi connectivity index (χ0n) is 11.5. The maximum absolute atomic E-state index is 12.3. The van der Waals surface area contributed by atoms with Crippen molar-refractivity contribution < 1.29 is 19.8 Å². The predicted molar refractivity (Wildman–Crippen MR) is 69.9 cm³/mol. The molecule has 21 heavy (non-hydrogen) atoms. The minimum absolute atomic E-state index is 0.118. The molecular weight excluding hydrogens is 276 g/mol. The van der Waals surface area contributed by atoms with E-state index in [0.717, 1.165) is 6.42 Å². The Hall–Kier alpha value is -2.73. The van der Waals surface area contributed by atoms with E-state index in [2.05, 4.69) is 10.1 Å². The summed E-state index contributed by atoms with van der Waals surface area (Å²) in [6, 6.07) is 4.32. The molecule has 0 aliphatic heterocycles. The molecule has 0 radical (unpaired) electrons. The Kier molecular flexibility index (Phi) is 6.03. The lowest BCUT2D eigenvalue weighted by Crippen LogP contribution is -2.48. The van der Waals surface area contributed by atoms with E-state index in [1.165, 1.54) is 24.3 Å². The van der Waals surface area contributed by atoms with E-state index in [1.54, 1.807) is 0 Å². The number of rotatable bonds is 7. The van der Waals surface area contributed by atoms with E-state index < -0.39 is 17.9 Å². The molecule has 0 fully saturated rings. The first-order chi connectivity index (χ1) is 10.0. The van der Waals surface area contributed by atoms with Gasteiger partial charge in [-0.05, 0) is 30.5 Å². The van der Waals surface area contributed by atoms with Crippen LogP contribution in [0.3, 0.4) is 0 Å². The number of benzene rings is 1. The van der Waals surface area contributed by atoms with Gasteiger partial charge in [0.1, 0.15) is 11.3 Å². The lowest BCUT2D eigenvalue weighted by atomic mass is 10.1. The highest BCUT2D eigenvalue weighted by Gasteiger charge is 2.35. The van der Waals surface area contributed by atoms with Gasteiger partial charge in [0.15, 0.2) is 6.04 Å². The Morgan fingerprint density at radius 1 is 1.48 bits per heavy atom. The molecule has 1 unspecified atom stereocenters. The number of hydrogen-bond acceptors (Lipinski definition) is 6. The van der Waals surface area contributed by atoms with Gasteiger partial charge in [0.2, 0.25) is 5.22 Å². The number of carbonyl (C=O) groups is 2. The molecule has 0 saturated carbocycles. The summed E-state index contributed by atoms with van der Waals surface area (Å²) in [7, 11) is 0. The molecule has 2 N–H and O–H groups in total. The SMILES string of the molecule is CCCCC(C(=O)[O-])N(N=[N+]=N)C(=O)c1ccccc1O. The van der Waals surface area contributed by atoms with Crippen molar-refractivity contribution in [2.75, 3.05) is 0 Å². The predicted octanol–water partition coefficient (Wildman–Crippen LogP) is 0.608. The Labute approximate surface area is 121 Å². The van der Waals surface area contributed by atoms with Crippen LogP contribution in [0.15, 0.2) is 29.5 Å². The fourth-order valence-electron chi connectivity index (χ4n) is 1.81. The number of aliphatic carboxylic acids is 1. The van der Waals surface area contributed by atoms with Crippen molar-refractivity contribution in [3.05, 3.63) is 29.8 Å². The smallest absolute Gasteiger partial charge is 0.366 e. The summed E-state index contributed by atoms with van der Waals surface area (Å²) >= 11 is 0. The second-order valence-electron chi connectivity index (χ2n) is 4.33. The first-order valence-electron chi connectivity index (χ1n) is 6.42. The van der Waals surface area contributed by atoms with Crippen LogP contribution in [0.5, 0.6) is 5.75 Å². The monoisotopic (exact) mass is 292 g/mol. The van der Waals surface area contributed by atoms with Gasteiger partial charge < -0.3 is 15.0 Å². The zero-order chi connectivity index (χ0) is 15.8. The van der Waals surface area contributed by atoms with Crippen LogP contribution >= 0.6 is 0 Å². The quantitative estimate of drug-likeness (QED) is 0.433. The van der Waals surface area contributed by atoms with E-state index >= 15 is 0 Å². The molecule has 0 aliphatic carbocycles. The van der Waals surface area contributed by atoms with E-state index in [9.17, 15) is 19.8 Å². The van der Waals surface area contributed by atoms with Crippen molar-refractivity contribution >= 4 is 11.9 Å². The highest BCUT2D eigenvalue weighted by Crippen LogP contribution is 2.20. The second-order valence-corrected chi connectivity index (χ2v) is 4.33. The van der Waals surface area contributed by atoms with Gasteiger partial charge in [0, 0.05) is 0 Å². The molecule has 0 bridgehead atoms. The average Bonchev–Trinajstić information content (AvgIpc) is 2.46. The number of hydrogen-bond donors (Lipinski definition) is 2. The number of phenolic OH excluding ortho intramolecular Hbond substituents is 1. The molecule has 112 valence electrons. The molecule has 1 aromatic carbocycles. The number of nitrogens with one attached hydrogen (secondary N) is 1. The molecule has 0 heterocycles. The van der Waals surface area contributed by atoms with Gasteiger partial charge in [-0.3, -0.25) is 0 Å². The van der Waals surface area contributed by atoms with E-state index in [-0.39, 0.29) is 17.7 Å². The normalized spacial score (nSPS) is 11.3. The van der Waals surface area contributed by atoms with E-state index in [4.69, 9.17) is 5.53 Å². The fraction of sp³-hybridized carbons (Fsp3) is 0.385. The van der Waals surface area contributed by atoms with Gasteiger partial charge >= 0.3 is 5.91 Å². The standard InChI is InChI=1S/C13H16N4O4/c1-2-3-7-10(13(20)21)17(16-15-14)12(19)9-6-4-5-8-11(9)18/h4-6,8,10,14H,2-3,7H2,1H3,(H-,18,19,20,21). The number of carboxylic acids is 1. The molecule has 8 heteroatoms. The maximum atomic E-state index is 12.3. The summed E-state index contributed by atoms with van der Waals surface area (Å²) in [5.41, 5.74) is 6.62. The summed E-state index contributed by atoms with van der Waals surface area (Å²) in [6.45, 7) is 1.87. The molecule has 1 amide bonds. The van der Waals surface area contributed by atoms with Gasteiger partial charge in [-0.1, -0.05) is 30.5 Å². The molecule has 1 rings (SSSR count). The molecule has 0 saturated heterocycles. The van der Waals surface area contributed by atoms with Crippen LogP contribution in [-0.2, 0) is 4.79 Å². The third-order valence-corrected chi connectivity index (χ3v) is 2.88. The van der Waals surface area contributed by atoms with Crippen LogP contribution in [0.25, 0.3) is 0 Å². The summed E-state index contributed by atoms with van der Waals surface area (Å²) in [6.07, 6.45) is 1.38. The van der Waals surface area contributed by atoms with Gasteiger partial charge in [0.25, 0.3) is 0 Å². The van der Waals surface area contributed by atoms with Gasteiger partial charge in [-0.2, -0.15) is 0 Å². The number of aromatic hydroxyl groups is 1. The number of nitrogens with zero attached hydrogens (tertiary/aromatic N) is 3. The lowest BCUT2D eigenvalue weighted by Gasteiger charge is -2.19. The molecular formula is C13H16N4O4. The molecule has 1 aromatic rings. The molecule has 0 aromatic heterocycles. The number of phenols is 1. The molecule has 0 aliphatic rings. The van der Waals surface area contributed by atoms with Crippen molar-refractivity contribution in [3.8, 4) is 5.75 Å². The van der Waals surface area contributed by atoms with Crippen molar-refractivity contribution in [1.82, 2.24) is 9.92 Å². The Morgan fingerprint density at radius 2 is 2.14 bits per heavy atom. The first-order valence-corrected chi connectivity index (χ1v) is 6.42. The summed E-state index contributed by atoms with van der Waals surface area (Å²) in [4.78, 5) is 26.2. The average molecular weight is 292 g/mol. The minimum Gasteiger partial charge on any atom is -0.545 e. The Bertz CT molecular complexity index is 569. The Morgan fingerprint density at radius 3 is 2.67 bits per heavy atom. The lowest BCUT2D eigenvalue weighted by molar-refractivity contribution is -0.311. The highest BCUT2D eigenvalue weighted by atomic mass is 16.4. The van der Waals surface area contributed by atoms with Crippen molar-refractivity contribution in [3.63, 3.8) is 0 Å². The van der Waals surface area contributed by atoms with Gasteiger partial charge in [-0.25, -0.2) is 4.79 Å². The van der Waals surface area contributed by atoms with Crippen LogP contribution < -0.4 is 10.0 Å². The Balaban J connectivity index is 3.15. The third-order valence-electron chi connectivity index (χ3n) is 2.88. The first kappa shape index (κ1) is 16.3. The van der Waals surface area contributed by atoms with Crippen molar-refractivity contribution in [2.45, 2.75) is 32.2 Å². The fourth-order valence-corrected chi connectivity index (χ4v) is 1.81. The molecule has 1 atom stereocenters. The zero-order valence-corrected chi connectivity index (χ0v) is 11.5. The molecule has 8 nitrogen and oxygen atoms in total. The van der Waals surface area contributed by atoms with Crippen LogP contribution in [0.2, 0.25) is 0 Å².